The number of nitrogens with zero attached hydrogens (tertiary/aromatic N) is 3. The monoisotopic (exact) mass is 383 g/mol. The van der Waals surface area contributed by atoms with Crippen molar-refractivity contribution in [3.8, 4) is 0 Å². The van der Waals surface area contributed by atoms with E-state index in [1.54, 1.807) is 7.11 Å². The fourth-order valence-electron chi connectivity index (χ4n) is 4.41. The smallest absolute Gasteiger partial charge is 0.224 e. The molecule has 2 aromatic rings. The quantitative estimate of drug-likeness (QED) is 0.743. The van der Waals surface area contributed by atoms with Gasteiger partial charge in [-0.3, -0.25) is 9.78 Å². The minimum atomic E-state index is -0.224. The number of hydrogen-bond donors (Lipinski definition) is 0. The molecule has 3 heterocycles. The van der Waals surface area contributed by atoms with Gasteiger partial charge in [0.2, 0.25) is 5.91 Å². The lowest BCUT2D eigenvalue weighted by Crippen LogP contribution is -2.52. The summed E-state index contributed by atoms with van der Waals surface area (Å²) in [5.41, 5.74) is 2.04. The van der Waals surface area contributed by atoms with Crippen LogP contribution in [0.4, 0.5) is 5.69 Å². The second-order valence-corrected chi connectivity index (χ2v) is 7.78. The van der Waals surface area contributed by atoms with Crippen LogP contribution in [-0.2, 0) is 14.3 Å². The summed E-state index contributed by atoms with van der Waals surface area (Å²) >= 11 is 0. The van der Waals surface area contributed by atoms with E-state index < -0.39 is 0 Å². The summed E-state index contributed by atoms with van der Waals surface area (Å²) < 4.78 is 11.4. The molecule has 150 valence electrons. The number of carbonyl (C=O) groups excluding carboxylic acids is 1. The highest BCUT2D eigenvalue weighted by molar-refractivity contribution is 5.91. The number of piperidine rings is 1. The van der Waals surface area contributed by atoms with Crippen LogP contribution in [0.3, 0.4) is 0 Å². The molecule has 2 aliphatic rings. The number of hydrogen-bond acceptors (Lipinski definition) is 5. The number of aromatic nitrogens is 1. The first-order chi connectivity index (χ1) is 13.7. The maximum absolute atomic E-state index is 12.5. The number of rotatable bonds is 5. The normalized spacial score (nSPS) is 20.0. The van der Waals surface area contributed by atoms with Gasteiger partial charge >= 0.3 is 0 Å². The van der Waals surface area contributed by atoms with Gasteiger partial charge < -0.3 is 19.3 Å². The summed E-state index contributed by atoms with van der Waals surface area (Å²) in [6, 6.07) is 10.4. The zero-order valence-electron chi connectivity index (χ0n) is 16.6. The van der Waals surface area contributed by atoms with Gasteiger partial charge in [-0.05, 0) is 31.4 Å². The van der Waals surface area contributed by atoms with E-state index in [4.69, 9.17) is 9.47 Å². The van der Waals surface area contributed by atoms with Crippen molar-refractivity contribution in [2.75, 3.05) is 51.4 Å². The molecular weight excluding hydrogens is 354 g/mol. The number of fused-ring (bicyclic) bond motifs is 1. The lowest BCUT2D eigenvalue weighted by molar-refractivity contribution is -0.131. The largest absolute Gasteiger partial charge is 0.385 e. The number of benzene rings is 1. The molecule has 4 rings (SSSR count). The third-order valence-electron chi connectivity index (χ3n) is 5.97. The number of anilines is 1. The van der Waals surface area contributed by atoms with Crippen molar-refractivity contribution in [2.24, 2.45) is 0 Å². The summed E-state index contributed by atoms with van der Waals surface area (Å²) in [5, 5.41) is 1.19. The Hall–Kier alpha value is -2.18. The van der Waals surface area contributed by atoms with E-state index in [9.17, 15) is 4.79 Å². The molecule has 0 aliphatic carbocycles. The Morgan fingerprint density at radius 2 is 2.04 bits per heavy atom. The first-order valence-corrected chi connectivity index (χ1v) is 10.2. The summed E-state index contributed by atoms with van der Waals surface area (Å²) in [5.74, 6) is 0.204. The van der Waals surface area contributed by atoms with Crippen LogP contribution >= 0.6 is 0 Å². The van der Waals surface area contributed by atoms with E-state index in [0.29, 0.717) is 26.2 Å². The molecule has 28 heavy (non-hydrogen) atoms. The Morgan fingerprint density at radius 1 is 1.21 bits per heavy atom. The Labute approximate surface area is 166 Å². The number of pyridine rings is 1. The van der Waals surface area contributed by atoms with Crippen molar-refractivity contribution in [2.45, 2.75) is 31.3 Å². The molecule has 2 fully saturated rings. The standard InChI is InChI=1S/C22H29N3O3/c1-27-15-4-12-25-17-22(28-16-8-21(25)26)9-13-24(14-10-22)20-7-11-23-19-6-3-2-5-18(19)20/h2-3,5-7,11H,4,8-10,12-17H2,1H3. The Bertz CT molecular complexity index is 812. The molecule has 2 aliphatic heterocycles. The highest BCUT2D eigenvalue weighted by atomic mass is 16.5. The molecule has 0 N–H and O–H groups in total. The molecule has 0 unspecified atom stereocenters. The van der Waals surface area contributed by atoms with Gasteiger partial charge in [-0.25, -0.2) is 0 Å². The maximum Gasteiger partial charge on any atom is 0.224 e. The summed E-state index contributed by atoms with van der Waals surface area (Å²) in [6.07, 6.45) is 5.09. The Balaban J connectivity index is 1.46. The lowest BCUT2D eigenvalue weighted by atomic mass is 9.90. The zero-order valence-corrected chi connectivity index (χ0v) is 16.6. The fraction of sp³-hybridized carbons (Fsp3) is 0.545. The summed E-state index contributed by atoms with van der Waals surface area (Å²) in [7, 11) is 1.70. The zero-order chi connectivity index (χ0) is 19.4. The summed E-state index contributed by atoms with van der Waals surface area (Å²) in [4.78, 5) is 21.4. The highest BCUT2D eigenvalue weighted by Gasteiger charge is 2.40. The van der Waals surface area contributed by atoms with E-state index >= 15 is 0 Å². The van der Waals surface area contributed by atoms with Gasteiger partial charge in [0.05, 0.1) is 24.1 Å². The topological polar surface area (TPSA) is 54.9 Å². The van der Waals surface area contributed by atoms with Crippen LogP contribution in [0.1, 0.15) is 25.7 Å². The molecule has 6 nitrogen and oxygen atoms in total. The minimum Gasteiger partial charge on any atom is -0.385 e. The summed E-state index contributed by atoms with van der Waals surface area (Å²) in [6.45, 7) is 4.50. The first-order valence-electron chi connectivity index (χ1n) is 10.2. The van der Waals surface area contributed by atoms with Gasteiger partial charge in [-0.1, -0.05) is 18.2 Å². The van der Waals surface area contributed by atoms with Gasteiger partial charge in [0.15, 0.2) is 0 Å². The van der Waals surface area contributed by atoms with Crippen molar-refractivity contribution in [1.29, 1.82) is 0 Å². The van der Waals surface area contributed by atoms with Crippen molar-refractivity contribution in [1.82, 2.24) is 9.88 Å². The van der Waals surface area contributed by atoms with E-state index in [2.05, 4.69) is 34.1 Å². The number of carbonyl (C=O) groups is 1. The van der Waals surface area contributed by atoms with Gasteiger partial charge in [0, 0.05) is 57.2 Å². The molecule has 1 amide bonds. The van der Waals surface area contributed by atoms with Gasteiger partial charge in [0.1, 0.15) is 0 Å². The van der Waals surface area contributed by atoms with Crippen LogP contribution in [0.2, 0.25) is 0 Å². The van der Waals surface area contributed by atoms with Gasteiger partial charge in [-0.15, -0.1) is 0 Å². The SMILES string of the molecule is COCCCN1CC2(CCN(c3ccnc4ccccc34)CC2)OCCC1=O. The van der Waals surface area contributed by atoms with Crippen molar-refractivity contribution in [3.63, 3.8) is 0 Å². The molecule has 1 aromatic heterocycles. The molecule has 1 aromatic carbocycles. The van der Waals surface area contributed by atoms with Crippen molar-refractivity contribution >= 4 is 22.5 Å². The van der Waals surface area contributed by atoms with Crippen LogP contribution in [0, 0.1) is 0 Å². The predicted octanol–water partition coefficient (Wildman–Crippen LogP) is 2.86. The van der Waals surface area contributed by atoms with Crippen molar-refractivity contribution < 1.29 is 14.3 Å². The first kappa shape index (κ1) is 19.2. The van der Waals surface area contributed by atoms with Crippen molar-refractivity contribution in [3.05, 3.63) is 36.5 Å². The molecule has 0 radical (unpaired) electrons. The third-order valence-corrected chi connectivity index (χ3v) is 5.97. The lowest BCUT2D eigenvalue weighted by Gasteiger charge is -2.43. The average Bonchev–Trinajstić information content (AvgIpc) is 2.87. The Kier molecular flexibility index (Phi) is 5.78. The minimum absolute atomic E-state index is 0.204. The van der Waals surface area contributed by atoms with E-state index in [1.165, 1.54) is 11.1 Å². The molecule has 0 saturated carbocycles. The van der Waals surface area contributed by atoms with Crippen LogP contribution < -0.4 is 4.90 Å². The molecule has 0 atom stereocenters. The van der Waals surface area contributed by atoms with E-state index in [-0.39, 0.29) is 11.5 Å². The van der Waals surface area contributed by atoms with Gasteiger partial charge in [-0.2, -0.15) is 0 Å². The van der Waals surface area contributed by atoms with Crippen LogP contribution in [0.5, 0.6) is 0 Å². The Morgan fingerprint density at radius 3 is 2.86 bits per heavy atom. The highest BCUT2D eigenvalue weighted by Crippen LogP contribution is 2.34. The second kappa shape index (κ2) is 8.45. The van der Waals surface area contributed by atoms with Crippen LogP contribution in [0.25, 0.3) is 10.9 Å². The third kappa shape index (κ3) is 3.98. The molecule has 6 heteroatoms. The number of methoxy groups -OCH3 is 1. The van der Waals surface area contributed by atoms with E-state index in [1.807, 2.05) is 17.2 Å². The molecule has 1 spiro atoms. The average molecular weight is 383 g/mol. The van der Waals surface area contributed by atoms with E-state index in [0.717, 1.165) is 44.4 Å². The van der Waals surface area contributed by atoms with Crippen LogP contribution in [-0.4, -0.2) is 67.9 Å². The second-order valence-electron chi connectivity index (χ2n) is 7.78. The molecule has 2 saturated heterocycles. The predicted molar refractivity (Wildman–Crippen MR) is 110 cm³/mol. The number of amides is 1. The van der Waals surface area contributed by atoms with Gasteiger partial charge in [0.25, 0.3) is 0 Å². The molecule has 0 bridgehead atoms. The van der Waals surface area contributed by atoms with Crippen LogP contribution in [0.15, 0.2) is 36.5 Å². The number of para-hydroxylation sites is 1. The maximum atomic E-state index is 12.5. The fourth-order valence-corrected chi connectivity index (χ4v) is 4.41. The molecular formula is C22H29N3O3. The number of ether oxygens (including phenoxy) is 2.